The summed E-state index contributed by atoms with van der Waals surface area (Å²) in [6.07, 6.45) is 1.70. The molecule has 1 fully saturated rings. The van der Waals surface area contributed by atoms with Gasteiger partial charge in [0.15, 0.2) is 5.78 Å². The van der Waals surface area contributed by atoms with Crippen LogP contribution in [0.2, 0.25) is 0 Å². The fourth-order valence-corrected chi connectivity index (χ4v) is 2.76. The van der Waals surface area contributed by atoms with E-state index >= 15 is 0 Å². The lowest BCUT2D eigenvalue weighted by molar-refractivity contribution is -0.119. The number of carbonyl (C=O) groups excluding carboxylic acids is 1. The van der Waals surface area contributed by atoms with Gasteiger partial charge in [-0.05, 0) is 38.9 Å². The average Bonchev–Trinajstić information content (AvgIpc) is 2.55. The molecule has 1 saturated heterocycles. The molecule has 0 bridgehead atoms. The number of hydrogen-bond acceptors (Lipinski definition) is 3. The Morgan fingerprint density at radius 2 is 1.89 bits per heavy atom. The number of nitrogens with zero attached hydrogens (tertiary/aromatic N) is 1. The molecule has 104 valence electrons. The fraction of sp³-hybridized carbons (Fsp3) is 0.562. The van der Waals surface area contributed by atoms with Crippen molar-refractivity contribution in [2.75, 3.05) is 32.7 Å². The Bertz CT molecular complexity index is 414. The minimum atomic E-state index is 0.326. The van der Waals surface area contributed by atoms with E-state index in [0.717, 1.165) is 38.2 Å². The number of nitrogens with one attached hydrogen (secondary N) is 1. The van der Waals surface area contributed by atoms with Gasteiger partial charge >= 0.3 is 0 Å². The highest BCUT2D eigenvalue weighted by Gasteiger charge is 2.13. The van der Waals surface area contributed by atoms with Gasteiger partial charge in [0, 0.05) is 19.5 Å². The zero-order valence-electron chi connectivity index (χ0n) is 12.0. The van der Waals surface area contributed by atoms with Gasteiger partial charge in [-0.15, -0.1) is 0 Å². The Hall–Kier alpha value is -1.19. The lowest BCUT2D eigenvalue weighted by Crippen LogP contribution is -2.33. The van der Waals surface area contributed by atoms with E-state index < -0.39 is 0 Å². The number of hydrogen-bond donors (Lipinski definition) is 1. The number of ketones is 1. The zero-order chi connectivity index (χ0) is 13.7. The zero-order valence-corrected chi connectivity index (χ0v) is 12.0. The largest absolute Gasteiger partial charge is 0.315 e. The van der Waals surface area contributed by atoms with Crippen LogP contribution in [0.25, 0.3) is 0 Å². The van der Waals surface area contributed by atoms with Gasteiger partial charge < -0.3 is 5.32 Å². The third-order valence-electron chi connectivity index (χ3n) is 3.52. The molecule has 0 aromatic heterocycles. The molecule has 1 aromatic rings. The molecule has 0 spiro atoms. The highest BCUT2D eigenvalue weighted by Crippen LogP contribution is 2.10. The smallest absolute Gasteiger partial charge is 0.151 e. The summed E-state index contributed by atoms with van der Waals surface area (Å²) in [7, 11) is 0. The van der Waals surface area contributed by atoms with E-state index in [1.807, 2.05) is 0 Å². The predicted molar refractivity (Wildman–Crippen MR) is 78.6 cm³/mol. The van der Waals surface area contributed by atoms with Gasteiger partial charge in [0.1, 0.15) is 0 Å². The first-order valence-corrected chi connectivity index (χ1v) is 7.15. The van der Waals surface area contributed by atoms with Crippen LogP contribution in [0.5, 0.6) is 0 Å². The van der Waals surface area contributed by atoms with Crippen molar-refractivity contribution in [1.82, 2.24) is 10.2 Å². The molecular formula is C16H24N2O. The van der Waals surface area contributed by atoms with Crippen LogP contribution < -0.4 is 5.32 Å². The highest BCUT2D eigenvalue weighted by atomic mass is 16.1. The van der Waals surface area contributed by atoms with Crippen molar-refractivity contribution in [3.8, 4) is 0 Å². The van der Waals surface area contributed by atoms with Crippen LogP contribution in [0.15, 0.2) is 18.2 Å². The SMILES string of the molecule is Cc1cc(C)cc(CC(=O)CN2CCCNCC2)c1. The van der Waals surface area contributed by atoms with Gasteiger partial charge in [-0.2, -0.15) is 0 Å². The van der Waals surface area contributed by atoms with Crippen molar-refractivity contribution in [2.45, 2.75) is 26.7 Å². The second-order valence-electron chi connectivity index (χ2n) is 5.59. The maximum Gasteiger partial charge on any atom is 0.151 e. The number of carbonyl (C=O) groups is 1. The molecule has 1 aliphatic heterocycles. The molecule has 1 N–H and O–H groups in total. The van der Waals surface area contributed by atoms with Gasteiger partial charge in [0.25, 0.3) is 0 Å². The second-order valence-corrected chi connectivity index (χ2v) is 5.59. The number of aryl methyl sites for hydroxylation is 2. The highest BCUT2D eigenvalue weighted by molar-refractivity contribution is 5.82. The molecule has 0 aliphatic carbocycles. The topological polar surface area (TPSA) is 32.3 Å². The van der Waals surface area contributed by atoms with E-state index in [4.69, 9.17) is 0 Å². The van der Waals surface area contributed by atoms with Crippen LogP contribution in [-0.2, 0) is 11.2 Å². The Morgan fingerprint density at radius 3 is 2.63 bits per heavy atom. The molecule has 0 radical (unpaired) electrons. The Balaban J connectivity index is 1.89. The Kier molecular flexibility index (Phi) is 5.11. The molecule has 1 aliphatic rings. The number of Topliss-reactive ketones (excluding diaryl/α,β-unsaturated/α-hetero) is 1. The van der Waals surface area contributed by atoms with Gasteiger partial charge in [0.2, 0.25) is 0 Å². The molecule has 0 saturated carbocycles. The molecule has 19 heavy (non-hydrogen) atoms. The van der Waals surface area contributed by atoms with Crippen LogP contribution >= 0.6 is 0 Å². The molecule has 1 heterocycles. The average molecular weight is 260 g/mol. The first-order valence-electron chi connectivity index (χ1n) is 7.15. The lowest BCUT2D eigenvalue weighted by Gasteiger charge is -2.18. The predicted octanol–water partition coefficient (Wildman–Crippen LogP) is 1.71. The molecule has 0 amide bonds. The molecule has 0 unspecified atom stereocenters. The normalized spacial score (nSPS) is 17.2. The quantitative estimate of drug-likeness (QED) is 0.894. The van der Waals surface area contributed by atoms with Crippen molar-refractivity contribution in [2.24, 2.45) is 0 Å². The van der Waals surface area contributed by atoms with Gasteiger partial charge in [0.05, 0.1) is 6.54 Å². The van der Waals surface area contributed by atoms with Gasteiger partial charge in [-0.25, -0.2) is 0 Å². The van der Waals surface area contributed by atoms with Gasteiger partial charge in [-0.3, -0.25) is 9.69 Å². The second kappa shape index (κ2) is 6.83. The molecule has 3 nitrogen and oxygen atoms in total. The summed E-state index contributed by atoms with van der Waals surface area (Å²) >= 11 is 0. The number of rotatable bonds is 4. The summed E-state index contributed by atoms with van der Waals surface area (Å²) < 4.78 is 0. The summed E-state index contributed by atoms with van der Waals surface area (Å²) in [5, 5.41) is 3.36. The summed E-state index contributed by atoms with van der Waals surface area (Å²) in [6, 6.07) is 6.39. The van der Waals surface area contributed by atoms with Crippen molar-refractivity contribution >= 4 is 5.78 Å². The van der Waals surface area contributed by atoms with Crippen LogP contribution in [0.3, 0.4) is 0 Å². The van der Waals surface area contributed by atoms with Crippen LogP contribution in [0.4, 0.5) is 0 Å². The Morgan fingerprint density at radius 1 is 1.16 bits per heavy atom. The summed E-state index contributed by atoms with van der Waals surface area (Å²) in [5.74, 6) is 0.326. The third kappa shape index (κ3) is 4.77. The number of benzene rings is 1. The third-order valence-corrected chi connectivity index (χ3v) is 3.52. The van der Waals surface area contributed by atoms with E-state index in [0.29, 0.717) is 18.7 Å². The van der Waals surface area contributed by atoms with Crippen molar-refractivity contribution in [1.29, 1.82) is 0 Å². The molecule has 3 heteroatoms. The van der Waals surface area contributed by atoms with E-state index in [9.17, 15) is 4.79 Å². The lowest BCUT2D eigenvalue weighted by atomic mass is 10.0. The van der Waals surface area contributed by atoms with Crippen molar-refractivity contribution in [3.05, 3.63) is 34.9 Å². The van der Waals surface area contributed by atoms with Crippen LogP contribution in [0, 0.1) is 13.8 Å². The Labute approximate surface area is 116 Å². The first kappa shape index (κ1) is 14.2. The standard InChI is InChI=1S/C16H24N2O/c1-13-8-14(2)10-15(9-13)11-16(19)12-18-6-3-4-17-5-7-18/h8-10,17H,3-7,11-12H2,1-2H3. The minimum absolute atomic E-state index is 0.326. The van der Waals surface area contributed by atoms with Crippen LogP contribution in [0.1, 0.15) is 23.1 Å². The maximum atomic E-state index is 12.2. The van der Waals surface area contributed by atoms with E-state index in [1.165, 1.54) is 11.1 Å². The van der Waals surface area contributed by atoms with E-state index in [-0.39, 0.29) is 0 Å². The maximum absolute atomic E-state index is 12.2. The molecule has 2 rings (SSSR count). The molecule has 1 aromatic carbocycles. The van der Waals surface area contributed by atoms with Crippen molar-refractivity contribution in [3.63, 3.8) is 0 Å². The molecule has 0 atom stereocenters. The first-order chi connectivity index (χ1) is 9.13. The van der Waals surface area contributed by atoms with E-state index in [1.54, 1.807) is 0 Å². The minimum Gasteiger partial charge on any atom is -0.315 e. The summed E-state index contributed by atoms with van der Waals surface area (Å²) in [5.41, 5.74) is 3.62. The summed E-state index contributed by atoms with van der Waals surface area (Å²) in [4.78, 5) is 14.4. The summed E-state index contributed by atoms with van der Waals surface area (Å²) in [6.45, 7) is 8.85. The monoisotopic (exact) mass is 260 g/mol. The van der Waals surface area contributed by atoms with E-state index in [2.05, 4.69) is 42.3 Å². The fourth-order valence-electron chi connectivity index (χ4n) is 2.76. The molecular weight excluding hydrogens is 236 g/mol. The van der Waals surface area contributed by atoms with Crippen LogP contribution in [-0.4, -0.2) is 43.4 Å². The van der Waals surface area contributed by atoms with Gasteiger partial charge in [-0.1, -0.05) is 29.3 Å². The van der Waals surface area contributed by atoms with Crippen molar-refractivity contribution < 1.29 is 4.79 Å².